The van der Waals surface area contributed by atoms with E-state index in [1.54, 1.807) is 17.0 Å². The molecule has 1 fully saturated rings. The number of rotatable bonds is 2. The van der Waals surface area contributed by atoms with E-state index in [-0.39, 0.29) is 23.9 Å². The van der Waals surface area contributed by atoms with Crippen LogP contribution in [0.1, 0.15) is 34.6 Å². The number of benzene rings is 1. The number of amides is 1. The average Bonchev–Trinajstić information content (AvgIpc) is 2.47. The van der Waals surface area contributed by atoms with E-state index in [1.165, 1.54) is 12.1 Å². The van der Waals surface area contributed by atoms with E-state index in [0.29, 0.717) is 13.1 Å². The third-order valence-corrected chi connectivity index (χ3v) is 4.01. The number of anilines is 1. The number of carbonyl (C=O) groups is 1. The van der Waals surface area contributed by atoms with Gasteiger partial charge in [-0.1, -0.05) is 0 Å². The lowest BCUT2D eigenvalue weighted by molar-refractivity contribution is -0.384. The molecule has 1 heterocycles. The van der Waals surface area contributed by atoms with Gasteiger partial charge in [-0.2, -0.15) is 0 Å². The number of piperazine rings is 1. The Balaban J connectivity index is 2.10. The first-order valence-corrected chi connectivity index (χ1v) is 8.09. The van der Waals surface area contributed by atoms with Crippen molar-refractivity contribution in [1.82, 2.24) is 4.90 Å². The Kier molecular flexibility index (Phi) is 5.01. The van der Waals surface area contributed by atoms with Crippen LogP contribution in [-0.2, 0) is 4.74 Å². The van der Waals surface area contributed by atoms with Crippen LogP contribution in [0.25, 0.3) is 0 Å². The van der Waals surface area contributed by atoms with Crippen molar-refractivity contribution in [2.45, 2.75) is 52.3 Å². The van der Waals surface area contributed by atoms with Gasteiger partial charge in [-0.3, -0.25) is 10.1 Å². The molecule has 7 nitrogen and oxygen atoms in total. The monoisotopic (exact) mass is 335 g/mol. The predicted molar refractivity (Wildman–Crippen MR) is 92.3 cm³/mol. The van der Waals surface area contributed by atoms with E-state index in [2.05, 4.69) is 4.90 Å². The van der Waals surface area contributed by atoms with Crippen molar-refractivity contribution < 1.29 is 14.5 Å². The summed E-state index contributed by atoms with van der Waals surface area (Å²) in [7, 11) is 0. The van der Waals surface area contributed by atoms with Crippen molar-refractivity contribution in [1.29, 1.82) is 0 Å². The van der Waals surface area contributed by atoms with Crippen LogP contribution in [0.5, 0.6) is 0 Å². The molecule has 0 aromatic heterocycles. The second kappa shape index (κ2) is 6.67. The molecule has 0 saturated carbocycles. The largest absolute Gasteiger partial charge is 0.444 e. The van der Waals surface area contributed by atoms with Crippen molar-refractivity contribution in [2.75, 3.05) is 18.0 Å². The Morgan fingerprint density at radius 1 is 1.17 bits per heavy atom. The van der Waals surface area contributed by atoms with Crippen LogP contribution in [0.3, 0.4) is 0 Å². The molecule has 24 heavy (non-hydrogen) atoms. The minimum atomic E-state index is -0.518. The third kappa shape index (κ3) is 4.15. The quantitative estimate of drug-likeness (QED) is 0.611. The number of nitro groups is 1. The summed E-state index contributed by atoms with van der Waals surface area (Å²) >= 11 is 0. The van der Waals surface area contributed by atoms with E-state index in [9.17, 15) is 14.9 Å². The maximum atomic E-state index is 12.3. The van der Waals surface area contributed by atoms with Gasteiger partial charge < -0.3 is 14.5 Å². The highest BCUT2D eigenvalue weighted by Crippen LogP contribution is 2.26. The van der Waals surface area contributed by atoms with Gasteiger partial charge >= 0.3 is 6.09 Å². The lowest BCUT2D eigenvalue weighted by Crippen LogP contribution is -2.59. The number of carbonyl (C=O) groups excluding carboxylic acids is 1. The Morgan fingerprint density at radius 3 is 2.25 bits per heavy atom. The molecule has 1 saturated heterocycles. The molecule has 0 spiro atoms. The molecule has 1 aliphatic heterocycles. The first-order chi connectivity index (χ1) is 11.1. The van der Waals surface area contributed by atoms with Crippen molar-refractivity contribution in [3.8, 4) is 0 Å². The highest BCUT2D eigenvalue weighted by Gasteiger charge is 2.34. The molecule has 132 valence electrons. The minimum Gasteiger partial charge on any atom is -0.444 e. The molecule has 1 aliphatic rings. The van der Waals surface area contributed by atoms with Crippen LogP contribution in [0, 0.1) is 10.1 Å². The van der Waals surface area contributed by atoms with Gasteiger partial charge in [0, 0.05) is 43.0 Å². The summed E-state index contributed by atoms with van der Waals surface area (Å²) in [6, 6.07) is 6.61. The number of non-ortho nitro benzene ring substituents is 1. The molecule has 0 unspecified atom stereocenters. The fourth-order valence-electron chi connectivity index (χ4n) is 2.83. The Labute approximate surface area is 142 Å². The van der Waals surface area contributed by atoms with E-state index in [0.717, 1.165) is 5.69 Å². The topological polar surface area (TPSA) is 75.9 Å². The van der Waals surface area contributed by atoms with Crippen LogP contribution >= 0.6 is 0 Å². The van der Waals surface area contributed by atoms with Crippen LogP contribution in [0.4, 0.5) is 16.2 Å². The molecule has 2 rings (SSSR count). The molecular weight excluding hydrogens is 310 g/mol. The number of ether oxygens (including phenoxy) is 1. The second-order valence-electron chi connectivity index (χ2n) is 7.26. The number of hydrogen-bond donors (Lipinski definition) is 0. The van der Waals surface area contributed by atoms with Crippen molar-refractivity contribution in [2.24, 2.45) is 0 Å². The molecule has 0 aliphatic carbocycles. The predicted octanol–water partition coefficient (Wildman–Crippen LogP) is 3.43. The zero-order valence-electron chi connectivity index (χ0n) is 14.9. The average molecular weight is 335 g/mol. The second-order valence-corrected chi connectivity index (χ2v) is 7.26. The van der Waals surface area contributed by atoms with Crippen LogP contribution in [-0.4, -0.2) is 46.7 Å². The summed E-state index contributed by atoms with van der Waals surface area (Å²) in [5, 5.41) is 10.8. The Bertz CT molecular complexity index is 609. The summed E-state index contributed by atoms with van der Waals surface area (Å²) in [5.41, 5.74) is 0.478. The highest BCUT2D eigenvalue weighted by atomic mass is 16.6. The van der Waals surface area contributed by atoms with Crippen molar-refractivity contribution >= 4 is 17.5 Å². The normalized spacial score (nSPS) is 21.5. The maximum absolute atomic E-state index is 12.3. The van der Waals surface area contributed by atoms with E-state index in [4.69, 9.17) is 4.74 Å². The lowest BCUT2D eigenvalue weighted by Gasteiger charge is -2.45. The van der Waals surface area contributed by atoms with Gasteiger partial charge in [0.1, 0.15) is 5.60 Å². The maximum Gasteiger partial charge on any atom is 0.410 e. The Morgan fingerprint density at radius 2 is 1.75 bits per heavy atom. The van der Waals surface area contributed by atoms with Crippen LogP contribution in [0.15, 0.2) is 24.3 Å². The molecule has 2 atom stereocenters. The zero-order chi connectivity index (χ0) is 18.1. The van der Waals surface area contributed by atoms with E-state index >= 15 is 0 Å². The molecule has 1 aromatic rings. The minimum absolute atomic E-state index is 0.00811. The van der Waals surface area contributed by atoms with Gasteiger partial charge in [-0.15, -0.1) is 0 Å². The van der Waals surface area contributed by atoms with Gasteiger partial charge in [0.15, 0.2) is 0 Å². The first-order valence-electron chi connectivity index (χ1n) is 8.09. The van der Waals surface area contributed by atoms with Gasteiger partial charge in [0.05, 0.1) is 4.92 Å². The van der Waals surface area contributed by atoms with Gasteiger partial charge in [-0.25, -0.2) is 4.79 Å². The number of nitrogens with zero attached hydrogens (tertiary/aromatic N) is 3. The summed E-state index contributed by atoms with van der Waals surface area (Å²) in [6.45, 7) is 10.8. The van der Waals surface area contributed by atoms with Crippen LogP contribution in [0.2, 0.25) is 0 Å². The highest BCUT2D eigenvalue weighted by molar-refractivity contribution is 5.69. The fourth-order valence-corrected chi connectivity index (χ4v) is 2.83. The first kappa shape index (κ1) is 18.0. The standard InChI is InChI=1S/C17H25N3O4/c1-12-11-19(16(21)24-17(3,4)5)13(2)10-18(12)14-6-8-15(9-7-14)20(22)23/h6-9,12-13H,10-11H2,1-5H3/t12-,13+/m0/s1. The van der Waals surface area contributed by atoms with Crippen molar-refractivity contribution in [3.63, 3.8) is 0 Å². The van der Waals surface area contributed by atoms with Gasteiger partial charge in [0.25, 0.3) is 5.69 Å². The molecule has 0 bridgehead atoms. The molecule has 0 radical (unpaired) electrons. The molecule has 1 amide bonds. The van der Waals surface area contributed by atoms with E-state index < -0.39 is 10.5 Å². The fraction of sp³-hybridized carbons (Fsp3) is 0.588. The van der Waals surface area contributed by atoms with Crippen molar-refractivity contribution in [3.05, 3.63) is 34.4 Å². The van der Waals surface area contributed by atoms with Crippen LogP contribution < -0.4 is 4.90 Å². The number of nitro benzene ring substituents is 1. The summed E-state index contributed by atoms with van der Waals surface area (Å²) in [5.74, 6) is 0. The summed E-state index contributed by atoms with van der Waals surface area (Å²) < 4.78 is 5.47. The smallest absolute Gasteiger partial charge is 0.410 e. The molecule has 0 N–H and O–H groups in total. The number of hydrogen-bond acceptors (Lipinski definition) is 5. The van der Waals surface area contributed by atoms with E-state index in [1.807, 2.05) is 34.6 Å². The lowest BCUT2D eigenvalue weighted by atomic mass is 10.1. The SMILES string of the molecule is C[C@@H]1CN(c2ccc([N+](=O)[O-])cc2)[C@@H](C)CN1C(=O)OC(C)(C)C. The molecular formula is C17H25N3O4. The van der Waals surface area contributed by atoms with Gasteiger partial charge in [0.2, 0.25) is 0 Å². The molecule has 1 aromatic carbocycles. The summed E-state index contributed by atoms with van der Waals surface area (Å²) in [6.07, 6.45) is -0.301. The zero-order valence-corrected chi connectivity index (χ0v) is 14.9. The Hall–Kier alpha value is -2.31. The molecule has 7 heteroatoms. The third-order valence-electron chi connectivity index (χ3n) is 4.01. The summed E-state index contributed by atoms with van der Waals surface area (Å²) in [4.78, 5) is 26.6. The van der Waals surface area contributed by atoms with Gasteiger partial charge in [-0.05, 0) is 46.8 Å².